The summed E-state index contributed by atoms with van der Waals surface area (Å²) in [5, 5.41) is 0. The lowest BCUT2D eigenvalue weighted by Gasteiger charge is -2.14. The normalized spacial score (nSPS) is 18.6. The van der Waals surface area contributed by atoms with Crippen molar-refractivity contribution in [1.82, 2.24) is 14.3 Å². The third-order valence-electron chi connectivity index (χ3n) is 6.16. The molecule has 1 amide bonds. The molecule has 0 bridgehead atoms. The van der Waals surface area contributed by atoms with Crippen molar-refractivity contribution in [3.05, 3.63) is 89.3 Å². The topological polar surface area (TPSA) is 82.4 Å². The van der Waals surface area contributed by atoms with E-state index in [1.807, 2.05) is 19.1 Å². The molecule has 3 aromatic carbocycles. The van der Waals surface area contributed by atoms with Crippen molar-refractivity contribution in [3.63, 3.8) is 0 Å². The molecule has 3 heterocycles. The summed E-state index contributed by atoms with van der Waals surface area (Å²) >= 11 is 0. The van der Waals surface area contributed by atoms with E-state index in [0.29, 0.717) is 45.4 Å². The summed E-state index contributed by atoms with van der Waals surface area (Å²) in [5.41, 5.74) is 2.41. The highest BCUT2D eigenvalue weighted by Crippen LogP contribution is 2.41. The van der Waals surface area contributed by atoms with E-state index in [2.05, 4.69) is 9.71 Å². The van der Waals surface area contributed by atoms with E-state index in [1.54, 1.807) is 34.9 Å². The second-order valence-corrected chi connectivity index (χ2v) is 9.51. The molecule has 6 rings (SSSR count). The second-order valence-electron chi connectivity index (χ2n) is 8.33. The maximum absolute atomic E-state index is 14.9. The Morgan fingerprint density at radius 3 is 2.69 bits per heavy atom. The summed E-state index contributed by atoms with van der Waals surface area (Å²) in [5.74, 6) is -0.630. The van der Waals surface area contributed by atoms with Crippen molar-refractivity contribution in [2.45, 2.75) is 19.4 Å². The van der Waals surface area contributed by atoms with Crippen molar-refractivity contribution in [2.75, 3.05) is 6.61 Å². The number of carbonyl (C=O) groups excluding carboxylic acids is 1. The van der Waals surface area contributed by atoms with E-state index >= 15 is 0 Å². The van der Waals surface area contributed by atoms with Crippen LogP contribution in [0, 0.1) is 11.6 Å². The fourth-order valence-corrected chi connectivity index (χ4v) is 5.44. The van der Waals surface area contributed by atoms with Crippen LogP contribution < -0.4 is 14.2 Å². The summed E-state index contributed by atoms with van der Waals surface area (Å²) < 4.78 is 57.1. The van der Waals surface area contributed by atoms with Crippen molar-refractivity contribution >= 4 is 32.8 Å². The summed E-state index contributed by atoms with van der Waals surface area (Å²) in [6, 6.07) is 14.9. The number of nitrogens with zero attached hydrogens (tertiary/aromatic N) is 2. The minimum atomic E-state index is -1.57. The van der Waals surface area contributed by atoms with Crippen molar-refractivity contribution < 1.29 is 27.3 Å². The molecule has 2 aliphatic rings. The quantitative estimate of drug-likeness (QED) is 0.430. The standard InChI is InChI=1S/C26H19F2N3O4S/c1-2-22-29-18-11-10-17(27)24(28)25(18)31(22)19-5-3-4-16-20(13-34-26(16)19)35-15-8-6-14(7-9-15)21-12-23(32)30-36(21)33/h3-12,20H,2,13H2,1H3,(H,30,32)/t20-,36?/m1/s1. The number of hydrogen-bond acceptors (Lipinski definition) is 5. The molecule has 1 unspecified atom stereocenters. The predicted octanol–water partition coefficient (Wildman–Crippen LogP) is 4.51. The van der Waals surface area contributed by atoms with Gasteiger partial charge in [0.05, 0.1) is 16.1 Å². The van der Waals surface area contributed by atoms with Gasteiger partial charge in [-0.1, -0.05) is 31.2 Å². The first-order chi connectivity index (χ1) is 17.4. The molecule has 0 saturated carbocycles. The highest BCUT2D eigenvalue weighted by atomic mass is 32.2. The smallest absolute Gasteiger partial charge is 0.257 e. The van der Waals surface area contributed by atoms with Gasteiger partial charge in [-0.15, -0.1) is 0 Å². The fraction of sp³-hybridized carbons (Fsp3) is 0.154. The highest BCUT2D eigenvalue weighted by Gasteiger charge is 2.31. The van der Waals surface area contributed by atoms with Gasteiger partial charge in [0, 0.05) is 18.1 Å². The number of benzene rings is 3. The van der Waals surface area contributed by atoms with Gasteiger partial charge >= 0.3 is 0 Å². The third kappa shape index (κ3) is 3.56. The zero-order chi connectivity index (χ0) is 25.0. The Balaban J connectivity index is 1.34. The number of nitrogens with one attached hydrogen (secondary N) is 1. The van der Waals surface area contributed by atoms with E-state index in [1.165, 1.54) is 12.1 Å². The zero-order valence-electron chi connectivity index (χ0n) is 19.0. The average Bonchev–Trinajstić information content (AvgIpc) is 3.56. The molecule has 0 fully saturated rings. The van der Waals surface area contributed by atoms with Gasteiger partial charge in [0.25, 0.3) is 5.91 Å². The summed E-state index contributed by atoms with van der Waals surface area (Å²) in [6.07, 6.45) is 1.39. The van der Waals surface area contributed by atoms with E-state index in [-0.39, 0.29) is 12.1 Å². The monoisotopic (exact) mass is 507 g/mol. The van der Waals surface area contributed by atoms with Crippen LogP contribution in [0.4, 0.5) is 8.78 Å². The lowest BCUT2D eigenvalue weighted by Crippen LogP contribution is -2.16. The molecule has 0 radical (unpaired) electrons. The van der Waals surface area contributed by atoms with Crippen LogP contribution in [0.3, 0.4) is 0 Å². The molecule has 0 spiro atoms. The van der Waals surface area contributed by atoms with Gasteiger partial charge in [-0.3, -0.25) is 14.1 Å². The Morgan fingerprint density at radius 1 is 1.17 bits per heavy atom. The lowest BCUT2D eigenvalue weighted by atomic mass is 10.1. The van der Waals surface area contributed by atoms with Crippen LogP contribution in [0.25, 0.3) is 21.6 Å². The molecule has 1 aromatic heterocycles. The maximum atomic E-state index is 14.9. The van der Waals surface area contributed by atoms with Crippen LogP contribution >= 0.6 is 0 Å². The van der Waals surface area contributed by atoms with Crippen LogP contribution in [0.2, 0.25) is 0 Å². The van der Waals surface area contributed by atoms with Gasteiger partial charge in [0.1, 0.15) is 23.7 Å². The van der Waals surface area contributed by atoms with Crippen molar-refractivity contribution in [1.29, 1.82) is 0 Å². The molecule has 182 valence electrons. The number of ether oxygens (including phenoxy) is 2. The predicted molar refractivity (Wildman–Crippen MR) is 130 cm³/mol. The molecule has 2 aliphatic heterocycles. The zero-order valence-corrected chi connectivity index (χ0v) is 19.8. The molecule has 10 heteroatoms. The van der Waals surface area contributed by atoms with Gasteiger partial charge in [0.2, 0.25) is 0 Å². The number of aryl methyl sites for hydroxylation is 1. The molecule has 4 aromatic rings. The van der Waals surface area contributed by atoms with E-state index in [4.69, 9.17) is 9.47 Å². The molecule has 0 saturated heterocycles. The summed E-state index contributed by atoms with van der Waals surface area (Å²) in [7, 11) is -1.57. The Kier molecular flexibility index (Phi) is 5.33. The largest absolute Gasteiger partial charge is 0.487 e. The minimum absolute atomic E-state index is 0.0652. The van der Waals surface area contributed by atoms with Crippen LogP contribution in [-0.2, 0) is 22.2 Å². The number of para-hydroxylation sites is 1. The van der Waals surface area contributed by atoms with Gasteiger partial charge in [-0.2, -0.15) is 0 Å². The number of aromatic nitrogens is 2. The molecule has 2 atom stereocenters. The molecular formula is C26H19F2N3O4S. The number of hydrogen-bond donors (Lipinski definition) is 1. The average molecular weight is 508 g/mol. The SMILES string of the molecule is CCc1nc2ccc(F)c(F)c2n1-c1cccc2c1OC[C@H]2Oc1ccc(C2=CC(=O)NS2=O)cc1. The summed E-state index contributed by atoms with van der Waals surface area (Å²) in [6.45, 7) is 2.13. The molecular weight excluding hydrogens is 488 g/mol. The Labute approximate surface area is 206 Å². The lowest BCUT2D eigenvalue weighted by molar-refractivity contribution is -0.114. The van der Waals surface area contributed by atoms with Crippen molar-refractivity contribution in [2.24, 2.45) is 0 Å². The van der Waals surface area contributed by atoms with Crippen LogP contribution in [0.5, 0.6) is 11.5 Å². The van der Waals surface area contributed by atoms with E-state index < -0.39 is 34.6 Å². The number of rotatable bonds is 5. The van der Waals surface area contributed by atoms with Gasteiger partial charge in [0.15, 0.2) is 34.5 Å². The molecule has 7 nitrogen and oxygen atoms in total. The van der Waals surface area contributed by atoms with Crippen LogP contribution in [0.15, 0.2) is 60.7 Å². The van der Waals surface area contributed by atoms with E-state index in [0.717, 1.165) is 11.6 Å². The van der Waals surface area contributed by atoms with Gasteiger partial charge in [-0.05, 0) is 35.9 Å². The highest BCUT2D eigenvalue weighted by molar-refractivity contribution is 7.93. The van der Waals surface area contributed by atoms with E-state index in [9.17, 15) is 17.8 Å². The Bertz CT molecular complexity index is 1600. The van der Waals surface area contributed by atoms with Crippen molar-refractivity contribution in [3.8, 4) is 17.2 Å². The molecule has 36 heavy (non-hydrogen) atoms. The van der Waals surface area contributed by atoms with Gasteiger partial charge < -0.3 is 9.47 Å². The number of fused-ring (bicyclic) bond motifs is 2. The number of imidazole rings is 1. The first-order valence-corrected chi connectivity index (χ1v) is 12.4. The fourth-order valence-electron chi connectivity index (χ4n) is 4.52. The minimum Gasteiger partial charge on any atom is -0.487 e. The summed E-state index contributed by atoms with van der Waals surface area (Å²) in [4.78, 5) is 16.3. The Morgan fingerprint density at radius 2 is 1.97 bits per heavy atom. The van der Waals surface area contributed by atoms with Crippen LogP contribution in [0.1, 0.15) is 30.0 Å². The number of carbonyl (C=O) groups is 1. The molecule has 1 N–H and O–H groups in total. The first kappa shape index (κ1) is 22.4. The molecule has 0 aliphatic carbocycles. The maximum Gasteiger partial charge on any atom is 0.257 e. The second kappa shape index (κ2) is 8.56. The number of amides is 1. The number of halogens is 2. The van der Waals surface area contributed by atoms with Crippen LogP contribution in [-0.4, -0.2) is 26.3 Å². The first-order valence-electron chi connectivity index (χ1n) is 11.3. The third-order valence-corrected chi connectivity index (χ3v) is 7.30. The van der Waals surface area contributed by atoms with Gasteiger partial charge in [-0.25, -0.2) is 18.0 Å². The Hall–Kier alpha value is -4.05.